The van der Waals surface area contributed by atoms with Crippen LogP contribution in [0, 0.1) is 5.41 Å². The first kappa shape index (κ1) is 21.7. The molecule has 2 aromatic rings. The lowest BCUT2D eigenvalue weighted by molar-refractivity contribution is -0.137. The molecule has 3 atom stereocenters. The van der Waals surface area contributed by atoms with Crippen molar-refractivity contribution in [3.05, 3.63) is 59.8 Å². The molecular formula is C24H27N5O3. The van der Waals surface area contributed by atoms with Gasteiger partial charge in [0.2, 0.25) is 11.8 Å². The van der Waals surface area contributed by atoms with Gasteiger partial charge in [0.1, 0.15) is 17.6 Å². The molecule has 8 heteroatoms. The van der Waals surface area contributed by atoms with Gasteiger partial charge in [-0.2, -0.15) is 0 Å². The molecule has 3 N–H and O–H groups in total. The van der Waals surface area contributed by atoms with E-state index in [9.17, 15) is 14.4 Å². The van der Waals surface area contributed by atoms with Crippen LogP contribution in [0.15, 0.2) is 48.7 Å². The molecule has 2 fully saturated rings. The van der Waals surface area contributed by atoms with Crippen LogP contribution < -0.4 is 10.6 Å². The van der Waals surface area contributed by atoms with Gasteiger partial charge in [0.15, 0.2) is 5.78 Å². The van der Waals surface area contributed by atoms with Crippen molar-refractivity contribution in [2.45, 2.75) is 44.2 Å². The molecule has 1 aliphatic carbocycles. The van der Waals surface area contributed by atoms with Gasteiger partial charge < -0.3 is 15.5 Å². The fourth-order valence-corrected chi connectivity index (χ4v) is 4.24. The topological polar surface area (TPSA) is 115 Å². The first-order valence-electron chi connectivity index (χ1n) is 10.9. The van der Waals surface area contributed by atoms with E-state index in [1.807, 2.05) is 18.2 Å². The highest BCUT2D eigenvalue weighted by atomic mass is 16.2. The molecule has 32 heavy (non-hydrogen) atoms. The smallest absolute Gasteiger partial charge is 0.243 e. The SMILES string of the molecule is CC(=O)C(=N)c1cccnc1NCC(=O)N1CCC[C@H]1C(=O)NC1C[C@H]1c1ccccc1. The summed E-state index contributed by atoms with van der Waals surface area (Å²) < 4.78 is 0. The van der Waals surface area contributed by atoms with Crippen LogP contribution in [0.4, 0.5) is 5.82 Å². The number of Topliss-reactive ketones (excluding diaryl/α,β-unsaturated/α-hetero) is 1. The molecule has 1 aromatic heterocycles. The Morgan fingerprint density at radius 1 is 1.16 bits per heavy atom. The molecule has 1 aromatic carbocycles. The molecule has 1 aliphatic heterocycles. The zero-order chi connectivity index (χ0) is 22.7. The average Bonchev–Trinajstić information content (AvgIpc) is 3.39. The van der Waals surface area contributed by atoms with E-state index in [4.69, 9.17) is 5.41 Å². The van der Waals surface area contributed by atoms with Crippen molar-refractivity contribution in [2.24, 2.45) is 0 Å². The molecule has 2 heterocycles. The number of benzene rings is 1. The van der Waals surface area contributed by atoms with E-state index >= 15 is 0 Å². The highest BCUT2D eigenvalue weighted by Crippen LogP contribution is 2.40. The van der Waals surface area contributed by atoms with Crippen molar-refractivity contribution < 1.29 is 14.4 Å². The summed E-state index contributed by atoms with van der Waals surface area (Å²) in [7, 11) is 0. The Balaban J connectivity index is 1.34. The van der Waals surface area contributed by atoms with Crippen LogP contribution in [0.3, 0.4) is 0 Å². The van der Waals surface area contributed by atoms with Crippen LogP contribution in [0.5, 0.6) is 0 Å². The number of nitrogens with one attached hydrogen (secondary N) is 3. The van der Waals surface area contributed by atoms with Crippen LogP contribution in [0.25, 0.3) is 0 Å². The Morgan fingerprint density at radius 2 is 1.94 bits per heavy atom. The molecule has 2 aliphatic rings. The third kappa shape index (κ3) is 4.69. The van der Waals surface area contributed by atoms with Gasteiger partial charge in [-0.25, -0.2) is 4.98 Å². The van der Waals surface area contributed by atoms with Crippen molar-refractivity contribution in [2.75, 3.05) is 18.4 Å². The summed E-state index contributed by atoms with van der Waals surface area (Å²) in [5.41, 5.74) is 1.41. The lowest BCUT2D eigenvalue weighted by Gasteiger charge is -2.24. The Morgan fingerprint density at radius 3 is 2.69 bits per heavy atom. The standard InChI is InChI=1S/C24H27N5O3/c1-15(30)22(25)17-9-5-11-26-23(17)27-14-21(31)29-12-6-10-20(29)24(32)28-19-13-18(19)16-7-3-2-4-8-16/h2-5,7-9,11,18-20,25H,6,10,12-14H2,1H3,(H,26,27)(H,28,32)/t18-,19?,20-/m0/s1. The molecule has 1 saturated heterocycles. The molecule has 8 nitrogen and oxygen atoms in total. The predicted molar refractivity (Wildman–Crippen MR) is 121 cm³/mol. The Hall–Kier alpha value is -3.55. The zero-order valence-electron chi connectivity index (χ0n) is 18.0. The molecule has 1 saturated carbocycles. The number of anilines is 1. The molecule has 1 unspecified atom stereocenters. The minimum atomic E-state index is -0.472. The number of hydrogen-bond acceptors (Lipinski definition) is 6. The summed E-state index contributed by atoms with van der Waals surface area (Å²) in [5.74, 6) is -0.0332. The number of ketones is 1. The fourth-order valence-electron chi connectivity index (χ4n) is 4.24. The van der Waals surface area contributed by atoms with Crippen LogP contribution in [-0.2, 0) is 14.4 Å². The van der Waals surface area contributed by atoms with Crippen molar-refractivity contribution in [1.82, 2.24) is 15.2 Å². The van der Waals surface area contributed by atoms with Gasteiger partial charge in [-0.1, -0.05) is 30.3 Å². The van der Waals surface area contributed by atoms with Crippen LogP contribution in [0.2, 0.25) is 0 Å². The van der Waals surface area contributed by atoms with Crippen molar-refractivity contribution in [3.63, 3.8) is 0 Å². The van der Waals surface area contributed by atoms with Gasteiger partial charge in [-0.15, -0.1) is 0 Å². The minimum Gasteiger partial charge on any atom is -0.360 e. The lowest BCUT2D eigenvalue weighted by atomic mass is 10.1. The first-order chi connectivity index (χ1) is 15.5. The minimum absolute atomic E-state index is 0.0605. The van der Waals surface area contributed by atoms with Gasteiger partial charge >= 0.3 is 0 Å². The van der Waals surface area contributed by atoms with E-state index in [1.165, 1.54) is 18.7 Å². The Bertz CT molecular complexity index is 1040. The largest absolute Gasteiger partial charge is 0.360 e. The van der Waals surface area contributed by atoms with Crippen molar-refractivity contribution in [1.29, 1.82) is 5.41 Å². The van der Waals surface area contributed by atoms with E-state index in [0.29, 0.717) is 30.3 Å². The first-order valence-corrected chi connectivity index (χ1v) is 10.9. The molecule has 0 spiro atoms. The second-order valence-corrected chi connectivity index (χ2v) is 8.30. The summed E-state index contributed by atoms with van der Waals surface area (Å²) in [6, 6.07) is 13.0. The number of aromatic nitrogens is 1. The molecule has 2 amide bonds. The number of nitrogens with zero attached hydrogens (tertiary/aromatic N) is 2. The third-order valence-corrected chi connectivity index (χ3v) is 6.06. The molecule has 0 bridgehead atoms. The summed E-state index contributed by atoms with van der Waals surface area (Å²) in [4.78, 5) is 43.1. The second-order valence-electron chi connectivity index (χ2n) is 8.30. The normalized spacial score (nSPS) is 21.7. The third-order valence-electron chi connectivity index (χ3n) is 6.06. The van der Waals surface area contributed by atoms with E-state index < -0.39 is 6.04 Å². The summed E-state index contributed by atoms with van der Waals surface area (Å²) >= 11 is 0. The summed E-state index contributed by atoms with van der Waals surface area (Å²) in [5, 5.41) is 14.0. The van der Waals surface area contributed by atoms with Crippen LogP contribution in [0.1, 0.15) is 43.2 Å². The maximum Gasteiger partial charge on any atom is 0.243 e. The molecule has 166 valence electrons. The molecule has 4 rings (SSSR count). The number of pyridine rings is 1. The molecule has 0 radical (unpaired) electrons. The monoisotopic (exact) mass is 433 g/mol. The van der Waals surface area contributed by atoms with Crippen molar-refractivity contribution in [3.8, 4) is 0 Å². The number of carbonyl (C=O) groups excluding carboxylic acids is 3. The van der Waals surface area contributed by atoms with E-state index in [2.05, 4.69) is 27.8 Å². The second kappa shape index (κ2) is 9.30. The maximum absolute atomic E-state index is 12.9. The zero-order valence-corrected chi connectivity index (χ0v) is 18.0. The van der Waals surface area contributed by atoms with E-state index in [0.717, 1.165) is 12.8 Å². The van der Waals surface area contributed by atoms with Crippen LogP contribution >= 0.6 is 0 Å². The predicted octanol–water partition coefficient (Wildman–Crippen LogP) is 2.11. The summed E-state index contributed by atoms with van der Waals surface area (Å²) in [6.45, 7) is 1.79. The fraction of sp³-hybridized carbons (Fsp3) is 0.375. The summed E-state index contributed by atoms with van der Waals surface area (Å²) in [6.07, 6.45) is 3.88. The van der Waals surface area contributed by atoms with Gasteiger partial charge in [0.05, 0.1) is 6.54 Å². The average molecular weight is 434 g/mol. The highest BCUT2D eigenvalue weighted by molar-refractivity contribution is 6.45. The van der Waals surface area contributed by atoms with Crippen LogP contribution in [-0.4, -0.2) is 58.4 Å². The highest BCUT2D eigenvalue weighted by Gasteiger charge is 2.42. The van der Waals surface area contributed by atoms with Gasteiger partial charge in [0, 0.05) is 37.2 Å². The van der Waals surface area contributed by atoms with Gasteiger partial charge in [-0.05, 0) is 37.0 Å². The number of rotatable bonds is 8. The number of amides is 2. The number of carbonyl (C=O) groups is 3. The molecular weight excluding hydrogens is 406 g/mol. The van der Waals surface area contributed by atoms with E-state index in [-0.39, 0.29) is 35.9 Å². The number of likely N-dealkylation sites (tertiary alicyclic amines) is 1. The van der Waals surface area contributed by atoms with Gasteiger partial charge in [-0.3, -0.25) is 19.8 Å². The quantitative estimate of drug-likeness (QED) is 0.552. The van der Waals surface area contributed by atoms with E-state index in [1.54, 1.807) is 17.0 Å². The lowest BCUT2D eigenvalue weighted by Crippen LogP contribution is -2.48. The maximum atomic E-state index is 12.9. The van der Waals surface area contributed by atoms with Crippen molar-refractivity contribution >= 4 is 29.1 Å². The number of hydrogen-bond donors (Lipinski definition) is 3. The Kier molecular flexibility index (Phi) is 6.30. The van der Waals surface area contributed by atoms with Gasteiger partial charge in [0.25, 0.3) is 0 Å². The Labute approximate surface area is 186 Å².